The van der Waals surface area contributed by atoms with Crippen LogP contribution >= 0.6 is 0 Å². The molecular formula is C11H18O2. The Kier molecular flexibility index (Phi) is 3.77. The van der Waals surface area contributed by atoms with E-state index in [1.54, 1.807) is 14.0 Å². The van der Waals surface area contributed by atoms with Gasteiger partial charge in [-0.1, -0.05) is 0 Å². The summed E-state index contributed by atoms with van der Waals surface area (Å²) in [5, 5.41) is 9.63. The van der Waals surface area contributed by atoms with Crippen LogP contribution in [0.1, 0.15) is 39.0 Å². The van der Waals surface area contributed by atoms with E-state index in [0.29, 0.717) is 6.42 Å². The number of hydrogen-bond donors (Lipinski definition) is 1. The zero-order chi connectivity index (χ0) is 9.73. The Bertz CT molecular complexity index is 202. The number of methoxy groups -OCH3 is 1. The number of hydrogen-bond acceptors (Lipinski definition) is 2. The third kappa shape index (κ3) is 2.72. The monoisotopic (exact) mass is 182 g/mol. The zero-order valence-electron chi connectivity index (χ0n) is 8.47. The topological polar surface area (TPSA) is 29.5 Å². The highest BCUT2D eigenvalue weighted by Crippen LogP contribution is 2.39. The normalized spacial score (nSPS) is 21.2. The molecule has 0 spiro atoms. The van der Waals surface area contributed by atoms with Gasteiger partial charge in [0.1, 0.15) is 0 Å². The van der Waals surface area contributed by atoms with Gasteiger partial charge in [-0.25, -0.2) is 0 Å². The minimum atomic E-state index is -0.326. The van der Waals surface area contributed by atoms with Gasteiger partial charge in [-0.15, -0.1) is 11.8 Å². The molecule has 1 N–H and O–H groups in total. The van der Waals surface area contributed by atoms with Gasteiger partial charge >= 0.3 is 0 Å². The SMILES string of the molecule is CC#CCC(O)CC1(OC)CCC1. The molecule has 0 radical (unpaired) electrons. The molecule has 0 aromatic carbocycles. The van der Waals surface area contributed by atoms with Crippen molar-refractivity contribution in [2.24, 2.45) is 0 Å². The Balaban J connectivity index is 2.31. The fraction of sp³-hybridized carbons (Fsp3) is 0.818. The van der Waals surface area contributed by atoms with Crippen molar-refractivity contribution >= 4 is 0 Å². The van der Waals surface area contributed by atoms with Crippen molar-refractivity contribution in [2.75, 3.05) is 7.11 Å². The van der Waals surface area contributed by atoms with Gasteiger partial charge in [-0.3, -0.25) is 0 Å². The van der Waals surface area contributed by atoms with Crippen LogP contribution in [0.3, 0.4) is 0 Å². The van der Waals surface area contributed by atoms with E-state index in [-0.39, 0.29) is 11.7 Å². The molecule has 1 fully saturated rings. The highest BCUT2D eigenvalue weighted by atomic mass is 16.5. The lowest BCUT2D eigenvalue weighted by Gasteiger charge is -2.41. The zero-order valence-corrected chi connectivity index (χ0v) is 8.47. The van der Waals surface area contributed by atoms with E-state index in [1.807, 2.05) is 0 Å². The second kappa shape index (κ2) is 4.64. The summed E-state index contributed by atoms with van der Waals surface area (Å²) in [5.74, 6) is 5.67. The largest absolute Gasteiger partial charge is 0.392 e. The predicted molar refractivity (Wildman–Crippen MR) is 52.3 cm³/mol. The fourth-order valence-electron chi connectivity index (χ4n) is 1.78. The second-order valence-electron chi connectivity index (χ2n) is 3.73. The van der Waals surface area contributed by atoms with Crippen molar-refractivity contribution in [3.8, 4) is 11.8 Å². The maximum absolute atomic E-state index is 9.63. The summed E-state index contributed by atoms with van der Waals surface area (Å²) in [6.45, 7) is 1.79. The summed E-state index contributed by atoms with van der Waals surface area (Å²) >= 11 is 0. The quantitative estimate of drug-likeness (QED) is 0.671. The molecule has 0 aromatic heterocycles. The Morgan fingerprint density at radius 1 is 1.54 bits per heavy atom. The Hall–Kier alpha value is -0.520. The van der Waals surface area contributed by atoms with Crippen LogP contribution in [-0.2, 0) is 4.74 Å². The fourth-order valence-corrected chi connectivity index (χ4v) is 1.78. The first kappa shape index (κ1) is 10.6. The minimum Gasteiger partial charge on any atom is -0.392 e. The molecule has 0 aromatic rings. The summed E-state index contributed by atoms with van der Waals surface area (Å²) in [7, 11) is 1.73. The van der Waals surface area contributed by atoms with Crippen molar-refractivity contribution in [1.82, 2.24) is 0 Å². The van der Waals surface area contributed by atoms with Gasteiger partial charge in [-0.2, -0.15) is 0 Å². The summed E-state index contributed by atoms with van der Waals surface area (Å²) in [5.41, 5.74) is -0.0329. The number of aliphatic hydroxyl groups is 1. The average molecular weight is 182 g/mol. The van der Waals surface area contributed by atoms with Gasteiger partial charge in [0.2, 0.25) is 0 Å². The Morgan fingerprint density at radius 2 is 2.23 bits per heavy atom. The third-order valence-electron chi connectivity index (χ3n) is 2.82. The highest BCUT2D eigenvalue weighted by Gasteiger charge is 2.38. The predicted octanol–water partition coefficient (Wildman–Crippen LogP) is 1.72. The van der Waals surface area contributed by atoms with Gasteiger partial charge < -0.3 is 9.84 Å². The molecule has 0 amide bonds. The van der Waals surface area contributed by atoms with E-state index in [9.17, 15) is 5.11 Å². The lowest BCUT2D eigenvalue weighted by molar-refractivity contribution is -0.0983. The van der Waals surface area contributed by atoms with Gasteiger partial charge in [0.25, 0.3) is 0 Å². The molecule has 2 nitrogen and oxygen atoms in total. The van der Waals surface area contributed by atoms with E-state index in [4.69, 9.17) is 4.74 Å². The van der Waals surface area contributed by atoms with Crippen LogP contribution in [0.25, 0.3) is 0 Å². The minimum absolute atomic E-state index is 0.0329. The van der Waals surface area contributed by atoms with E-state index >= 15 is 0 Å². The molecule has 0 bridgehead atoms. The summed E-state index contributed by atoms with van der Waals surface area (Å²) in [6.07, 6.45) is 4.37. The Labute approximate surface area is 80.3 Å². The lowest BCUT2D eigenvalue weighted by Crippen LogP contribution is -2.42. The highest BCUT2D eigenvalue weighted by molar-refractivity contribution is 4.99. The first-order chi connectivity index (χ1) is 6.22. The molecule has 1 aliphatic rings. The van der Waals surface area contributed by atoms with Gasteiger partial charge in [0.15, 0.2) is 0 Å². The lowest BCUT2D eigenvalue weighted by atomic mass is 9.76. The van der Waals surface area contributed by atoms with E-state index in [0.717, 1.165) is 19.3 Å². The van der Waals surface area contributed by atoms with Crippen LogP contribution in [0, 0.1) is 11.8 Å². The molecule has 0 saturated heterocycles. The maximum atomic E-state index is 9.63. The number of rotatable bonds is 4. The summed E-state index contributed by atoms with van der Waals surface area (Å²) < 4.78 is 5.42. The molecule has 0 heterocycles. The summed E-state index contributed by atoms with van der Waals surface area (Å²) in [6, 6.07) is 0. The molecule has 13 heavy (non-hydrogen) atoms. The molecule has 74 valence electrons. The van der Waals surface area contributed by atoms with Crippen molar-refractivity contribution in [3.05, 3.63) is 0 Å². The first-order valence-electron chi connectivity index (χ1n) is 4.85. The van der Waals surface area contributed by atoms with E-state index in [1.165, 1.54) is 6.42 Å². The second-order valence-corrected chi connectivity index (χ2v) is 3.73. The molecular weight excluding hydrogens is 164 g/mol. The van der Waals surface area contributed by atoms with Crippen LogP contribution in [-0.4, -0.2) is 23.9 Å². The molecule has 2 heteroatoms. The van der Waals surface area contributed by atoms with Gasteiger partial charge in [0, 0.05) is 20.0 Å². The molecule has 1 unspecified atom stereocenters. The number of aliphatic hydroxyl groups excluding tert-OH is 1. The standard InChI is InChI=1S/C11H18O2/c1-3-4-6-10(12)9-11(13-2)7-5-8-11/h10,12H,5-9H2,1-2H3. The van der Waals surface area contributed by atoms with Crippen LogP contribution in [0.5, 0.6) is 0 Å². The van der Waals surface area contributed by atoms with Crippen LogP contribution in [0.2, 0.25) is 0 Å². The van der Waals surface area contributed by atoms with E-state index < -0.39 is 0 Å². The molecule has 1 atom stereocenters. The van der Waals surface area contributed by atoms with Crippen LogP contribution in [0.4, 0.5) is 0 Å². The van der Waals surface area contributed by atoms with E-state index in [2.05, 4.69) is 11.8 Å². The third-order valence-corrected chi connectivity index (χ3v) is 2.82. The van der Waals surface area contributed by atoms with Crippen LogP contribution in [0.15, 0.2) is 0 Å². The van der Waals surface area contributed by atoms with Crippen LogP contribution < -0.4 is 0 Å². The van der Waals surface area contributed by atoms with Crippen molar-refractivity contribution in [3.63, 3.8) is 0 Å². The molecule has 1 aliphatic carbocycles. The molecule has 1 rings (SSSR count). The van der Waals surface area contributed by atoms with Crippen molar-refractivity contribution < 1.29 is 9.84 Å². The Morgan fingerprint density at radius 3 is 2.62 bits per heavy atom. The van der Waals surface area contributed by atoms with Crippen molar-refractivity contribution in [2.45, 2.75) is 50.7 Å². The smallest absolute Gasteiger partial charge is 0.0703 e. The molecule has 1 saturated carbocycles. The summed E-state index contributed by atoms with van der Waals surface area (Å²) in [4.78, 5) is 0. The maximum Gasteiger partial charge on any atom is 0.0703 e. The first-order valence-corrected chi connectivity index (χ1v) is 4.85. The van der Waals surface area contributed by atoms with Gasteiger partial charge in [0.05, 0.1) is 11.7 Å². The average Bonchev–Trinajstić information content (AvgIpc) is 2.08. The van der Waals surface area contributed by atoms with Gasteiger partial charge in [-0.05, 0) is 26.2 Å². The number of ether oxygens (including phenoxy) is 1. The van der Waals surface area contributed by atoms with Crippen molar-refractivity contribution in [1.29, 1.82) is 0 Å². The molecule has 0 aliphatic heterocycles.